The molecule has 7 heteroatoms. The molecule has 0 aliphatic carbocycles. The highest BCUT2D eigenvalue weighted by Gasteiger charge is 2.19. The van der Waals surface area contributed by atoms with Crippen molar-refractivity contribution < 1.29 is 17.9 Å². The third-order valence-corrected chi connectivity index (χ3v) is 11.5. The molecule has 57 heavy (non-hydrogen) atoms. The summed E-state index contributed by atoms with van der Waals surface area (Å²) < 4.78 is 37.6. The first-order valence-corrected chi connectivity index (χ1v) is 20.1. The van der Waals surface area contributed by atoms with E-state index in [1.165, 1.54) is 5.56 Å². The summed E-state index contributed by atoms with van der Waals surface area (Å²) in [5.41, 5.74) is 9.76. The van der Waals surface area contributed by atoms with Crippen molar-refractivity contribution in [2.45, 2.75) is 16.7 Å². The van der Waals surface area contributed by atoms with Gasteiger partial charge in [-0.05, 0) is 152 Å². The Kier molecular flexibility index (Phi) is 10.6. The molecule has 0 spiro atoms. The Morgan fingerprint density at radius 2 is 0.684 bits per heavy atom. The Morgan fingerprint density at radius 3 is 1.07 bits per heavy atom. The van der Waals surface area contributed by atoms with Crippen LogP contribution in [0.4, 0.5) is 34.1 Å². The molecule has 8 aromatic carbocycles. The van der Waals surface area contributed by atoms with Gasteiger partial charge in [0.2, 0.25) is 9.84 Å². The van der Waals surface area contributed by atoms with Crippen molar-refractivity contribution in [1.29, 1.82) is 0 Å². The molecule has 0 aromatic heterocycles. The second-order valence-electron chi connectivity index (χ2n) is 13.5. The number of nitrogens with zero attached hydrogens (tertiary/aromatic N) is 2. The Hall–Kier alpha value is -7.09. The summed E-state index contributed by atoms with van der Waals surface area (Å²) in [5, 5.41) is 0. The third-order valence-electron chi connectivity index (χ3n) is 9.74. The maximum Gasteiger partial charge on any atom is 0.206 e. The molecule has 0 fully saturated rings. The fourth-order valence-corrected chi connectivity index (χ4v) is 7.99. The lowest BCUT2D eigenvalue weighted by atomic mass is 10.0. The molecule has 0 heterocycles. The molecule has 0 saturated heterocycles. The van der Waals surface area contributed by atoms with Crippen LogP contribution in [-0.4, -0.2) is 15.5 Å². The van der Waals surface area contributed by atoms with Crippen LogP contribution < -0.4 is 19.3 Å². The zero-order chi connectivity index (χ0) is 39.2. The number of hydrogen-bond acceptors (Lipinski definition) is 6. The summed E-state index contributed by atoms with van der Waals surface area (Å²) in [4.78, 5) is 4.86. The molecule has 6 nitrogen and oxygen atoms in total. The van der Waals surface area contributed by atoms with E-state index in [-0.39, 0.29) is 9.79 Å². The van der Waals surface area contributed by atoms with Gasteiger partial charge in [-0.15, -0.1) is 0 Å². The van der Waals surface area contributed by atoms with Crippen molar-refractivity contribution in [3.8, 4) is 28.4 Å². The van der Waals surface area contributed by atoms with E-state index >= 15 is 0 Å². The molecule has 0 amide bonds. The van der Waals surface area contributed by atoms with E-state index < -0.39 is 9.84 Å². The lowest BCUT2D eigenvalue weighted by Gasteiger charge is -2.26. The number of hydrogen-bond donors (Lipinski definition) is 0. The van der Waals surface area contributed by atoms with Crippen molar-refractivity contribution in [3.63, 3.8) is 0 Å². The highest BCUT2D eigenvalue weighted by atomic mass is 32.2. The minimum atomic E-state index is -3.68. The predicted octanol–water partition coefficient (Wildman–Crippen LogP) is 13.2. The average Bonchev–Trinajstić information content (AvgIpc) is 3.27. The van der Waals surface area contributed by atoms with Crippen molar-refractivity contribution in [1.82, 2.24) is 0 Å². The average molecular weight is 765 g/mol. The van der Waals surface area contributed by atoms with Crippen molar-refractivity contribution in [3.05, 3.63) is 212 Å². The van der Waals surface area contributed by atoms with Gasteiger partial charge in [-0.1, -0.05) is 78.4 Å². The number of benzene rings is 8. The summed E-state index contributed by atoms with van der Waals surface area (Å²) >= 11 is 0. The van der Waals surface area contributed by atoms with E-state index in [1.54, 1.807) is 55.6 Å². The Morgan fingerprint density at radius 1 is 0.368 bits per heavy atom. The van der Waals surface area contributed by atoms with Crippen LogP contribution in [0.3, 0.4) is 0 Å². The molecule has 0 atom stereocenters. The standard InChI is InChI=1S/C50H40N2O4S/c1-37-13-19-42(20-14-37)51(40-9-5-3-6-10-40)43-21-15-38(16-22-43)39-17-23-44(24-18-39)52(41-11-7-4-8-12-41)45-25-27-47(28-26-45)56-48-31-35-50(36-32-48)57(53,54)49-33-29-46(55-2)30-34-49/h3-36H,1-2H3. The van der Waals surface area contributed by atoms with E-state index in [9.17, 15) is 8.42 Å². The molecule has 0 aliphatic rings. The smallest absolute Gasteiger partial charge is 0.206 e. The van der Waals surface area contributed by atoms with Gasteiger partial charge in [0.05, 0.1) is 16.9 Å². The number of ether oxygens (including phenoxy) is 2. The minimum absolute atomic E-state index is 0.185. The molecular formula is C50H40N2O4S. The molecular weight excluding hydrogens is 725 g/mol. The third kappa shape index (κ3) is 8.15. The Bertz CT molecular complexity index is 2650. The van der Waals surface area contributed by atoms with Gasteiger partial charge in [0.1, 0.15) is 17.2 Å². The van der Waals surface area contributed by atoms with E-state index in [1.807, 2.05) is 48.5 Å². The van der Waals surface area contributed by atoms with Crippen molar-refractivity contribution in [2.75, 3.05) is 16.9 Å². The topological polar surface area (TPSA) is 59.1 Å². The number of sulfone groups is 1. The Balaban J connectivity index is 1.00. The molecule has 0 unspecified atom stereocenters. The summed E-state index contributed by atoms with van der Waals surface area (Å²) in [7, 11) is -2.14. The summed E-state index contributed by atoms with van der Waals surface area (Å²) in [6.07, 6.45) is 0. The summed E-state index contributed by atoms with van der Waals surface area (Å²) in [5.74, 6) is 1.75. The van der Waals surface area contributed by atoms with Gasteiger partial charge in [0, 0.05) is 34.1 Å². The van der Waals surface area contributed by atoms with Gasteiger partial charge < -0.3 is 19.3 Å². The van der Waals surface area contributed by atoms with Crippen LogP contribution in [-0.2, 0) is 9.84 Å². The molecule has 0 radical (unpaired) electrons. The molecule has 0 N–H and O–H groups in total. The highest BCUT2D eigenvalue weighted by Crippen LogP contribution is 2.39. The van der Waals surface area contributed by atoms with Crippen LogP contribution in [0.25, 0.3) is 11.1 Å². The normalized spacial score (nSPS) is 11.1. The molecule has 0 bridgehead atoms. The van der Waals surface area contributed by atoms with Crippen LogP contribution >= 0.6 is 0 Å². The predicted molar refractivity (Wildman–Crippen MR) is 231 cm³/mol. The van der Waals surface area contributed by atoms with Crippen LogP contribution in [0.2, 0.25) is 0 Å². The number of aryl methyl sites for hydroxylation is 1. The van der Waals surface area contributed by atoms with Gasteiger partial charge in [0.25, 0.3) is 0 Å². The van der Waals surface area contributed by atoms with Gasteiger partial charge in [0.15, 0.2) is 0 Å². The zero-order valence-electron chi connectivity index (χ0n) is 31.6. The van der Waals surface area contributed by atoms with E-state index in [4.69, 9.17) is 9.47 Å². The molecule has 280 valence electrons. The molecule has 8 rings (SSSR count). The first kappa shape index (κ1) is 36.9. The summed E-state index contributed by atoms with van der Waals surface area (Å²) in [6.45, 7) is 2.11. The quantitative estimate of drug-likeness (QED) is 0.123. The lowest BCUT2D eigenvalue weighted by Crippen LogP contribution is -2.10. The van der Waals surface area contributed by atoms with Crippen LogP contribution in [0.1, 0.15) is 5.56 Å². The second kappa shape index (κ2) is 16.3. The van der Waals surface area contributed by atoms with Gasteiger partial charge >= 0.3 is 0 Å². The van der Waals surface area contributed by atoms with Crippen LogP contribution in [0, 0.1) is 6.92 Å². The fourth-order valence-electron chi connectivity index (χ4n) is 6.73. The van der Waals surface area contributed by atoms with Gasteiger partial charge in [-0.25, -0.2) is 8.42 Å². The van der Waals surface area contributed by atoms with Gasteiger partial charge in [-0.3, -0.25) is 0 Å². The monoisotopic (exact) mass is 764 g/mol. The number of rotatable bonds is 12. The molecule has 8 aromatic rings. The van der Waals surface area contributed by atoms with E-state index in [0.717, 1.165) is 45.3 Å². The second-order valence-corrected chi connectivity index (χ2v) is 15.5. The van der Waals surface area contributed by atoms with Crippen molar-refractivity contribution >= 4 is 44.0 Å². The first-order valence-electron chi connectivity index (χ1n) is 18.6. The van der Waals surface area contributed by atoms with Crippen LogP contribution in [0.5, 0.6) is 17.2 Å². The van der Waals surface area contributed by atoms with E-state index in [0.29, 0.717) is 17.2 Å². The molecule has 0 saturated carbocycles. The Labute approximate surface area is 334 Å². The number of para-hydroxylation sites is 2. The highest BCUT2D eigenvalue weighted by molar-refractivity contribution is 7.91. The first-order chi connectivity index (χ1) is 27.9. The maximum atomic E-state index is 13.2. The SMILES string of the molecule is COc1ccc(S(=O)(=O)c2ccc(Oc3ccc(N(c4ccccc4)c4ccc(-c5ccc(N(c6ccccc6)c6ccc(C)cc6)cc5)cc4)cc3)cc2)cc1. The number of methoxy groups -OCH3 is 1. The minimum Gasteiger partial charge on any atom is -0.497 e. The zero-order valence-corrected chi connectivity index (χ0v) is 32.4. The maximum absolute atomic E-state index is 13.2. The van der Waals surface area contributed by atoms with Crippen LogP contribution in [0.15, 0.2) is 216 Å². The van der Waals surface area contributed by atoms with Gasteiger partial charge in [-0.2, -0.15) is 0 Å². The van der Waals surface area contributed by atoms with E-state index in [2.05, 4.69) is 126 Å². The fraction of sp³-hybridized carbons (Fsp3) is 0.0400. The number of anilines is 6. The molecule has 0 aliphatic heterocycles. The summed E-state index contributed by atoms with van der Waals surface area (Å²) in [6, 6.07) is 67.3. The largest absolute Gasteiger partial charge is 0.497 e. The lowest BCUT2D eigenvalue weighted by molar-refractivity contribution is 0.414. The van der Waals surface area contributed by atoms with Crippen molar-refractivity contribution in [2.24, 2.45) is 0 Å².